The van der Waals surface area contributed by atoms with Crippen molar-refractivity contribution >= 4 is 27.3 Å². The minimum Gasteiger partial charge on any atom is -0.330 e. The fourth-order valence-electron chi connectivity index (χ4n) is 5.18. The Bertz CT molecular complexity index is 1290. The topological polar surface area (TPSA) is 57.7 Å². The average molecular weight is 511 g/mol. The molecule has 0 saturated heterocycles. The summed E-state index contributed by atoms with van der Waals surface area (Å²) in [4.78, 5) is 17.3. The molecule has 0 radical (unpaired) electrons. The van der Waals surface area contributed by atoms with Gasteiger partial charge in [-0.05, 0) is 66.8 Å². The number of thiophene rings is 1. The molecule has 0 aliphatic carbocycles. The third-order valence-corrected chi connectivity index (χ3v) is 9.60. The molecule has 1 unspecified atom stereocenters. The third-order valence-electron chi connectivity index (χ3n) is 6.48. The van der Waals surface area contributed by atoms with E-state index in [1.165, 1.54) is 9.18 Å². The van der Waals surface area contributed by atoms with Crippen molar-refractivity contribution in [2.75, 3.05) is 19.6 Å². The van der Waals surface area contributed by atoms with Gasteiger partial charge in [0, 0.05) is 18.0 Å². The second kappa shape index (κ2) is 10.2. The van der Waals surface area contributed by atoms with Crippen LogP contribution in [0, 0.1) is 26.7 Å². The maximum absolute atomic E-state index is 13.9. The Morgan fingerprint density at radius 3 is 2.37 bits per heavy atom. The molecule has 1 amide bonds. The highest BCUT2D eigenvalue weighted by atomic mass is 32.2. The summed E-state index contributed by atoms with van der Waals surface area (Å²) >= 11 is 1.72. The van der Waals surface area contributed by atoms with Crippen LogP contribution in [0.5, 0.6) is 0 Å². The van der Waals surface area contributed by atoms with Crippen LogP contribution in [0.25, 0.3) is 0 Å². The highest BCUT2D eigenvalue weighted by Crippen LogP contribution is 2.38. The van der Waals surface area contributed by atoms with Gasteiger partial charge in [-0.2, -0.15) is 4.31 Å². The molecule has 0 fully saturated rings. The van der Waals surface area contributed by atoms with Crippen LogP contribution >= 0.6 is 11.3 Å². The zero-order chi connectivity index (χ0) is 25.3. The minimum absolute atomic E-state index is 0.0818. The van der Waals surface area contributed by atoms with E-state index in [9.17, 15) is 13.2 Å². The van der Waals surface area contributed by atoms with E-state index >= 15 is 0 Å². The van der Waals surface area contributed by atoms with Gasteiger partial charge in [0.1, 0.15) is 0 Å². The van der Waals surface area contributed by atoms with Crippen LogP contribution in [0.2, 0.25) is 0 Å². The Morgan fingerprint density at radius 1 is 1.09 bits per heavy atom. The number of benzene rings is 2. The van der Waals surface area contributed by atoms with Crippen molar-refractivity contribution in [3.8, 4) is 0 Å². The molecule has 5 nitrogen and oxygen atoms in total. The molecule has 0 N–H and O–H groups in total. The zero-order valence-electron chi connectivity index (χ0n) is 21.1. The molecule has 1 aliphatic rings. The molecule has 0 saturated carbocycles. The molecule has 35 heavy (non-hydrogen) atoms. The van der Waals surface area contributed by atoms with Gasteiger partial charge in [0.15, 0.2) is 0 Å². The molecule has 186 valence electrons. The summed E-state index contributed by atoms with van der Waals surface area (Å²) in [7, 11) is -3.85. The molecule has 1 aliphatic heterocycles. The molecule has 2 heterocycles. The number of hydrogen-bond acceptors (Lipinski definition) is 4. The summed E-state index contributed by atoms with van der Waals surface area (Å²) in [5.41, 5.74) is 4.64. The number of hydrogen-bond donors (Lipinski definition) is 0. The smallest absolute Gasteiger partial charge is 0.244 e. The second-order valence-corrected chi connectivity index (χ2v) is 12.7. The SMILES string of the molecule is Cc1cc(C)c(S(=O)(=O)N(CC(=O)N2CCc3sccc3C2c2ccccc2)CC(C)C)c(C)c1. The van der Waals surface area contributed by atoms with Gasteiger partial charge in [-0.1, -0.05) is 61.9 Å². The van der Waals surface area contributed by atoms with Crippen LogP contribution in [-0.2, 0) is 21.2 Å². The average Bonchev–Trinajstić information content (AvgIpc) is 3.26. The van der Waals surface area contributed by atoms with Crippen molar-refractivity contribution in [3.63, 3.8) is 0 Å². The van der Waals surface area contributed by atoms with Crippen molar-refractivity contribution < 1.29 is 13.2 Å². The molecule has 2 aromatic carbocycles. The zero-order valence-corrected chi connectivity index (χ0v) is 22.7. The van der Waals surface area contributed by atoms with Crippen LogP contribution in [0.4, 0.5) is 0 Å². The lowest BCUT2D eigenvalue weighted by Gasteiger charge is -2.37. The molecular formula is C28H34N2O3S2. The van der Waals surface area contributed by atoms with E-state index in [4.69, 9.17) is 0 Å². The van der Waals surface area contributed by atoms with Crippen molar-refractivity contribution in [1.82, 2.24) is 9.21 Å². The lowest BCUT2D eigenvalue weighted by Crippen LogP contribution is -2.47. The number of fused-ring (bicyclic) bond motifs is 1. The van der Waals surface area contributed by atoms with Crippen molar-refractivity contribution in [3.05, 3.63) is 86.6 Å². The molecular weight excluding hydrogens is 476 g/mol. The first-order chi connectivity index (χ1) is 16.6. The molecule has 1 atom stereocenters. The molecule has 1 aromatic heterocycles. The maximum atomic E-state index is 13.9. The maximum Gasteiger partial charge on any atom is 0.244 e. The number of nitrogens with zero attached hydrogens (tertiary/aromatic N) is 2. The van der Waals surface area contributed by atoms with Crippen molar-refractivity contribution in [2.24, 2.45) is 5.92 Å². The normalized spacial score (nSPS) is 16.1. The lowest BCUT2D eigenvalue weighted by atomic mass is 9.93. The minimum atomic E-state index is -3.85. The monoisotopic (exact) mass is 510 g/mol. The first-order valence-corrected chi connectivity index (χ1v) is 14.4. The second-order valence-electron chi connectivity index (χ2n) is 9.87. The predicted octanol–water partition coefficient (Wildman–Crippen LogP) is 5.49. The Hall–Kier alpha value is -2.48. The van der Waals surface area contributed by atoms with E-state index in [0.29, 0.717) is 22.6 Å². The number of carbonyl (C=O) groups is 1. The highest BCUT2D eigenvalue weighted by molar-refractivity contribution is 7.89. The van der Waals surface area contributed by atoms with Crippen LogP contribution in [0.1, 0.15) is 52.6 Å². The lowest BCUT2D eigenvalue weighted by molar-refractivity contribution is -0.133. The first-order valence-electron chi connectivity index (χ1n) is 12.1. The van der Waals surface area contributed by atoms with E-state index in [0.717, 1.165) is 23.1 Å². The van der Waals surface area contributed by atoms with Crippen LogP contribution < -0.4 is 0 Å². The van der Waals surface area contributed by atoms with E-state index in [1.54, 1.807) is 11.3 Å². The van der Waals surface area contributed by atoms with Crippen molar-refractivity contribution in [1.29, 1.82) is 0 Å². The third kappa shape index (κ3) is 5.22. The van der Waals surface area contributed by atoms with Gasteiger partial charge in [-0.3, -0.25) is 4.79 Å². The van der Waals surface area contributed by atoms with E-state index in [1.807, 2.05) is 82.0 Å². The summed E-state index contributed by atoms with van der Waals surface area (Å²) in [6.45, 7) is 10.3. The Morgan fingerprint density at radius 2 is 1.74 bits per heavy atom. The molecule has 7 heteroatoms. The summed E-state index contributed by atoms with van der Waals surface area (Å²) < 4.78 is 29.2. The molecule has 3 aromatic rings. The first kappa shape index (κ1) is 25.6. The summed E-state index contributed by atoms with van der Waals surface area (Å²) in [5, 5.41) is 2.08. The van der Waals surface area contributed by atoms with Gasteiger partial charge in [0.05, 0.1) is 17.5 Å². The Labute approximate surface area is 213 Å². The van der Waals surface area contributed by atoms with Gasteiger partial charge in [0.25, 0.3) is 0 Å². The predicted molar refractivity (Wildman–Crippen MR) is 142 cm³/mol. The summed E-state index contributed by atoms with van der Waals surface area (Å²) in [5.74, 6) is -0.0827. The van der Waals surface area contributed by atoms with Crippen LogP contribution in [0.3, 0.4) is 0 Å². The summed E-state index contributed by atoms with van der Waals surface area (Å²) in [6.07, 6.45) is 0.787. The molecule has 0 bridgehead atoms. The Kier molecular flexibility index (Phi) is 7.50. The standard InChI is InChI=1S/C28H34N2O3S2/c1-19(2)17-29(35(32,33)28-21(4)15-20(3)16-22(28)5)18-26(31)30-13-11-25-24(12-14-34-25)27(30)23-9-7-6-8-10-23/h6-10,12,14-16,19,27H,11,13,17-18H2,1-5H3. The fraction of sp³-hybridized carbons (Fsp3) is 0.393. The van der Waals surface area contributed by atoms with Gasteiger partial charge in [-0.15, -0.1) is 11.3 Å². The van der Waals surface area contributed by atoms with Gasteiger partial charge in [0.2, 0.25) is 15.9 Å². The fourth-order valence-corrected chi connectivity index (χ4v) is 8.05. The van der Waals surface area contributed by atoms with E-state index in [-0.39, 0.29) is 31.0 Å². The van der Waals surface area contributed by atoms with Gasteiger partial charge >= 0.3 is 0 Å². The number of carbonyl (C=O) groups excluding carboxylic acids is 1. The van der Waals surface area contributed by atoms with Crippen LogP contribution in [0.15, 0.2) is 58.8 Å². The van der Waals surface area contributed by atoms with E-state index in [2.05, 4.69) is 11.4 Å². The largest absolute Gasteiger partial charge is 0.330 e. The van der Waals surface area contributed by atoms with Crippen molar-refractivity contribution in [2.45, 2.75) is 52.0 Å². The van der Waals surface area contributed by atoms with Gasteiger partial charge in [-0.25, -0.2) is 8.42 Å². The highest BCUT2D eigenvalue weighted by Gasteiger charge is 2.36. The van der Waals surface area contributed by atoms with Gasteiger partial charge < -0.3 is 4.90 Å². The van der Waals surface area contributed by atoms with E-state index < -0.39 is 10.0 Å². The molecule has 0 spiro atoms. The number of sulfonamides is 1. The Balaban J connectivity index is 1.70. The molecule has 4 rings (SSSR count). The quantitative estimate of drug-likeness (QED) is 0.422. The number of aryl methyl sites for hydroxylation is 3. The van der Waals surface area contributed by atoms with Crippen LogP contribution in [-0.4, -0.2) is 43.2 Å². The summed E-state index contributed by atoms with van der Waals surface area (Å²) in [6, 6.07) is 15.7. The number of amides is 1. The number of rotatable bonds is 7.